The van der Waals surface area contributed by atoms with Crippen molar-refractivity contribution in [1.29, 1.82) is 0 Å². The average Bonchev–Trinajstić information content (AvgIpc) is 2.43. The molecule has 0 spiro atoms. The van der Waals surface area contributed by atoms with Crippen LogP contribution in [0.3, 0.4) is 0 Å². The summed E-state index contributed by atoms with van der Waals surface area (Å²) in [5.41, 5.74) is 0. The first-order valence-corrected chi connectivity index (χ1v) is 3.49. The van der Waals surface area contributed by atoms with Gasteiger partial charge in [0.1, 0.15) is 6.17 Å². The fourth-order valence-electron chi connectivity index (χ4n) is 0.664. The Morgan fingerprint density at radius 3 is 2.80 bits per heavy atom. The van der Waals surface area contributed by atoms with E-state index in [-0.39, 0.29) is 13.0 Å². The Labute approximate surface area is 63.3 Å². The third-order valence-corrected chi connectivity index (χ3v) is 1.97. The van der Waals surface area contributed by atoms with Crippen molar-refractivity contribution in [3.63, 3.8) is 0 Å². The quantitative estimate of drug-likeness (QED) is 0.456. The highest BCUT2D eigenvalue weighted by Gasteiger charge is 2.61. The maximum Gasteiger partial charge on any atom is 0.330 e. The number of ether oxygens (including phenoxy) is 1. The zero-order valence-corrected chi connectivity index (χ0v) is 6.32. The van der Waals surface area contributed by atoms with Crippen LogP contribution in [0.1, 0.15) is 13.3 Å². The van der Waals surface area contributed by atoms with E-state index in [0.29, 0.717) is 0 Å². The van der Waals surface area contributed by atoms with Crippen molar-refractivity contribution >= 4 is 17.6 Å². The van der Waals surface area contributed by atoms with Gasteiger partial charge in [0.15, 0.2) is 4.87 Å². The Hall–Kier alpha value is -0.310. The Balaban J connectivity index is 2.43. The molecule has 0 heterocycles. The van der Waals surface area contributed by atoms with Crippen molar-refractivity contribution in [3.05, 3.63) is 0 Å². The number of carbonyl (C=O) groups excluding carboxylic acids is 1. The normalized spacial score (nSPS) is 37.3. The van der Waals surface area contributed by atoms with Crippen LogP contribution >= 0.6 is 11.6 Å². The van der Waals surface area contributed by atoms with Crippen molar-refractivity contribution in [3.8, 4) is 0 Å². The molecule has 0 radical (unpaired) electrons. The van der Waals surface area contributed by atoms with Crippen molar-refractivity contribution in [2.24, 2.45) is 0 Å². The molecule has 1 aliphatic rings. The van der Waals surface area contributed by atoms with E-state index in [0.717, 1.165) is 0 Å². The van der Waals surface area contributed by atoms with E-state index in [9.17, 15) is 9.18 Å². The van der Waals surface area contributed by atoms with Crippen molar-refractivity contribution < 1.29 is 13.9 Å². The highest BCUT2D eigenvalue weighted by Crippen LogP contribution is 2.46. The molecule has 2 atom stereocenters. The van der Waals surface area contributed by atoms with Gasteiger partial charge in [-0.15, -0.1) is 11.6 Å². The predicted molar refractivity (Wildman–Crippen MR) is 34.7 cm³/mol. The summed E-state index contributed by atoms with van der Waals surface area (Å²) in [4.78, 5) is 9.41. The van der Waals surface area contributed by atoms with E-state index in [2.05, 4.69) is 4.74 Å². The standard InChI is InChI=1S/C6H8ClFO2/c1-2-10-5(9)6(7)3-4(6)8/h4H,2-3H2,1H3/t4-,6+/m1/s1. The van der Waals surface area contributed by atoms with Crippen molar-refractivity contribution in [2.45, 2.75) is 24.4 Å². The zero-order valence-electron chi connectivity index (χ0n) is 5.56. The van der Waals surface area contributed by atoms with Gasteiger partial charge in [-0.05, 0) is 6.92 Å². The molecule has 1 rings (SSSR count). The molecule has 0 bridgehead atoms. The molecule has 4 heteroatoms. The summed E-state index contributed by atoms with van der Waals surface area (Å²) in [6, 6.07) is 0. The summed E-state index contributed by atoms with van der Waals surface area (Å²) in [5.74, 6) is -0.635. The van der Waals surface area contributed by atoms with E-state index in [1.807, 2.05) is 0 Å². The number of rotatable bonds is 2. The molecule has 0 saturated heterocycles. The Bertz CT molecular complexity index is 162. The van der Waals surface area contributed by atoms with E-state index in [1.54, 1.807) is 6.92 Å². The summed E-state index contributed by atoms with van der Waals surface area (Å²) in [6.07, 6.45) is -1.12. The smallest absolute Gasteiger partial charge is 0.330 e. The molecule has 1 aliphatic carbocycles. The molecule has 0 N–H and O–H groups in total. The summed E-state index contributed by atoms with van der Waals surface area (Å²) in [5, 5.41) is 0. The van der Waals surface area contributed by atoms with Gasteiger partial charge in [0.25, 0.3) is 0 Å². The van der Waals surface area contributed by atoms with Gasteiger partial charge in [-0.1, -0.05) is 0 Å². The van der Waals surface area contributed by atoms with Crippen LogP contribution in [-0.4, -0.2) is 23.6 Å². The molecule has 10 heavy (non-hydrogen) atoms. The summed E-state index contributed by atoms with van der Waals surface area (Å²) in [7, 11) is 0. The van der Waals surface area contributed by atoms with E-state index < -0.39 is 17.0 Å². The molecule has 0 aromatic rings. The number of alkyl halides is 2. The first kappa shape index (κ1) is 7.79. The fraction of sp³-hybridized carbons (Fsp3) is 0.833. The second-order valence-electron chi connectivity index (χ2n) is 2.25. The lowest BCUT2D eigenvalue weighted by molar-refractivity contribution is -0.143. The summed E-state index contributed by atoms with van der Waals surface area (Å²) < 4.78 is 16.8. The van der Waals surface area contributed by atoms with Crippen molar-refractivity contribution in [2.75, 3.05) is 6.61 Å². The Kier molecular flexibility index (Phi) is 1.86. The molecule has 1 saturated carbocycles. The summed E-state index contributed by atoms with van der Waals surface area (Å²) >= 11 is 5.47. The fourth-order valence-corrected chi connectivity index (χ4v) is 0.854. The molecule has 0 amide bonds. The van der Waals surface area contributed by atoms with Gasteiger partial charge in [-0.3, -0.25) is 4.79 Å². The molecular formula is C6H8ClFO2. The van der Waals surface area contributed by atoms with Gasteiger partial charge < -0.3 is 4.74 Å². The van der Waals surface area contributed by atoms with Crippen LogP contribution in [0.5, 0.6) is 0 Å². The largest absolute Gasteiger partial charge is 0.465 e. The lowest BCUT2D eigenvalue weighted by Crippen LogP contribution is -2.21. The lowest BCUT2D eigenvalue weighted by Gasteiger charge is -2.03. The second kappa shape index (κ2) is 2.38. The average molecular weight is 167 g/mol. The number of halogens is 2. The van der Waals surface area contributed by atoms with E-state index in [4.69, 9.17) is 11.6 Å². The monoisotopic (exact) mass is 166 g/mol. The predicted octanol–water partition coefficient (Wildman–Crippen LogP) is 1.27. The zero-order chi connectivity index (χ0) is 7.78. The van der Waals surface area contributed by atoms with Crippen LogP contribution in [-0.2, 0) is 9.53 Å². The number of esters is 1. The van der Waals surface area contributed by atoms with Gasteiger partial charge >= 0.3 is 5.97 Å². The third-order valence-electron chi connectivity index (χ3n) is 1.43. The van der Waals surface area contributed by atoms with E-state index >= 15 is 0 Å². The number of carbonyl (C=O) groups is 1. The van der Waals surface area contributed by atoms with Gasteiger partial charge in [-0.25, -0.2) is 4.39 Å². The van der Waals surface area contributed by atoms with Crippen LogP contribution in [0.15, 0.2) is 0 Å². The van der Waals surface area contributed by atoms with Crippen LogP contribution in [0, 0.1) is 0 Å². The molecule has 1 fully saturated rings. The van der Waals surface area contributed by atoms with Gasteiger partial charge in [0.2, 0.25) is 0 Å². The molecule has 58 valence electrons. The Morgan fingerprint density at radius 2 is 2.50 bits per heavy atom. The number of hydrogen-bond donors (Lipinski definition) is 0. The molecule has 0 aromatic heterocycles. The molecule has 0 unspecified atom stereocenters. The Morgan fingerprint density at radius 1 is 2.00 bits per heavy atom. The first-order chi connectivity index (χ1) is 4.61. The number of hydrogen-bond acceptors (Lipinski definition) is 2. The van der Waals surface area contributed by atoms with Gasteiger partial charge in [0, 0.05) is 6.42 Å². The minimum Gasteiger partial charge on any atom is -0.465 e. The minimum atomic E-state index is -1.34. The summed E-state index contributed by atoms with van der Waals surface area (Å²) in [6.45, 7) is 1.91. The molecule has 0 aromatic carbocycles. The van der Waals surface area contributed by atoms with Crippen LogP contribution in [0.25, 0.3) is 0 Å². The van der Waals surface area contributed by atoms with Crippen LogP contribution in [0.2, 0.25) is 0 Å². The van der Waals surface area contributed by atoms with Crippen LogP contribution in [0.4, 0.5) is 4.39 Å². The third kappa shape index (κ3) is 1.10. The maximum absolute atomic E-state index is 12.3. The van der Waals surface area contributed by atoms with Gasteiger partial charge in [-0.2, -0.15) is 0 Å². The van der Waals surface area contributed by atoms with E-state index in [1.165, 1.54) is 0 Å². The molecule has 2 nitrogen and oxygen atoms in total. The second-order valence-corrected chi connectivity index (χ2v) is 2.93. The highest BCUT2D eigenvalue weighted by molar-refractivity contribution is 6.37. The minimum absolute atomic E-state index is 0.0907. The van der Waals surface area contributed by atoms with Crippen LogP contribution < -0.4 is 0 Å². The SMILES string of the molecule is CCOC(=O)[C@]1(Cl)C[C@H]1F. The molecule has 0 aliphatic heterocycles. The van der Waals surface area contributed by atoms with Crippen molar-refractivity contribution in [1.82, 2.24) is 0 Å². The molecular weight excluding hydrogens is 159 g/mol. The highest BCUT2D eigenvalue weighted by atomic mass is 35.5. The maximum atomic E-state index is 12.3. The van der Waals surface area contributed by atoms with Gasteiger partial charge in [0.05, 0.1) is 6.61 Å². The lowest BCUT2D eigenvalue weighted by atomic mass is 10.4. The first-order valence-electron chi connectivity index (χ1n) is 3.11. The topological polar surface area (TPSA) is 26.3 Å².